The van der Waals surface area contributed by atoms with E-state index >= 15 is 0 Å². The zero-order valence-corrected chi connectivity index (χ0v) is 14.5. The molecule has 0 spiro atoms. The van der Waals surface area contributed by atoms with Gasteiger partial charge in [0.25, 0.3) is 0 Å². The minimum absolute atomic E-state index is 0. The quantitative estimate of drug-likeness (QED) is 0.745. The number of methoxy groups -OCH3 is 3. The average molecular weight is 384 g/mol. The van der Waals surface area contributed by atoms with Gasteiger partial charge in [0.05, 0.1) is 20.8 Å². The Labute approximate surface area is 138 Å². The lowest BCUT2D eigenvalue weighted by atomic mass is 10.2. The number of benzene rings is 1. The maximum atomic E-state index is 11.7. The highest BCUT2D eigenvalue weighted by atomic mass is 79.9. The summed E-state index contributed by atoms with van der Waals surface area (Å²) in [5.41, 5.74) is 6.50. The van der Waals surface area contributed by atoms with Crippen molar-refractivity contribution in [1.29, 1.82) is 0 Å². The molecular weight excluding hydrogens is 364 g/mol. The molecule has 1 aromatic rings. The molecule has 0 bridgehead atoms. The Hall–Kier alpha value is -1.02. The fourth-order valence-electron chi connectivity index (χ4n) is 1.60. The van der Waals surface area contributed by atoms with Gasteiger partial charge in [-0.25, -0.2) is 0 Å². The normalized spacial score (nSPS) is 11.3. The van der Waals surface area contributed by atoms with Crippen LogP contribution in [0.5, 0.6) is 11.5 Å². The van der Waals surface area contributed by atoms with Gasteiger partial charge in [0.15, 0.2) is 11.5 Å². The van der Waals surface area contributed by atoms with Crippen LogP contribution in [0.2, 0.25) is 0 Å². The maximum Gasteiger partial charge on any atom is 0.239 e. The number of rotatable bonds is 7. The van der Waals surface area contributed by atoms with E-state index in [-0.39, 0.29) is 24.9 Å². The van der Waals surface area contributed by atoms with Gasteiger partial charge in [0.1, 0.15) is 6.04 Å². The van der Waals surface area contributed by atoms with Crippen LogP contribution in [-0.4, -0.2) is 39.9 Å². The molecule has 1 unspecified atom stereocenters. The predicted octanol–water partition coefficient (Wildman–Crippen LogP) is 1.48. The van der Waals surface area contributed by atoms with E-state index in [1.807, 2.05) is 0 Å². The number of halogens is 2. The first-order valence-corrected chi connectivity index (χ1v) is 6.75. The molecule has 0 aromatic heterocycles. The Kier molecular flexibility index (Phi) is 9.36. The van der Waals surface area contributed by atoms with Crippen molar-refractivity contribution in [3.63, 3.8) is 0 Å². The average Bonchev–Trinajstić information content (AvgIpc) is 2.45. The molecule has 8 heteroatoms. The third-order valence-electron chi connectivity index (χ3n) is 2.69. The van der Waals surface area contributed by atoms with E-state index in [2.05, 4.69) is 21.2 Å². The van der Waals surface area contributed by atoms with E-state index in [1.54, 1.807) is 26.4 Å². The molecule has 0 aliphatic carbocycles. The summed E-state index contributed by atoms with van der Waals surface area (Å²) in [6.45, 7) is 0.510. The number of nitrogens with one attached hydrogen (secondary N) is 1. The van der Waals surface area contributed by atoms with E-state index in [0.717, 1.165) is 10.0 Å². The molecule has 0 saturated heterocycles. The van der Waals surface area contributed by atoms with Crippen molar-refractivity contribution in [3.05, 3.63) is 22.2 Å². The van der Waals surface area contributed by atoms with Crippen molar-refractivity contribution >= 4 is 34.2 Å². The van der Waals surface area contributed by atoms with Crippen molar-refractivity contribution in [2.45, 2.75) is 12.6 Å². The van der Waals surface area contributed by atoms with E-state index in [4.69, 9.17) is 19.9 Å². The number of nitrogens with two attached hydrogens (primary N) is 1. The lowest BCUT2D eigenvalue weighted by Crippen LogP contribution is -2.43. The molecule has 1 rings (SSSR count). The molecule has 120 valence electrons. The lowest BCUT2D eigenvalue weighted by Gasteiger charge is -2.14. The van der Waals surface area contributed by atoms with E-state index in [0.29, 0.717) is 18.0 Å². The minimum Gasteiger partial charge on any atom is -0.493 e. The van der Waals surface area contributed by atoms with Crippen LogP contribution in [0.1, 0.15) is 5.56 Å². The third-order valence-corrected chi connectivity index (χ3v) is 3.43. The largest absolute Gasteiger partial charge is 0.493 e. The summed E-state index contributed by atoms with van der Waals surface area (Å²) in [5, 5.41) is 2.74. The van der Waals surface area contributed by atoms with Crippen LogP contribution >= 0.6 is 28.3 Å². The molecule has 6 nitrogen and oxygen atoms in total. The first-order chi connectivity index (χ1) is 9.53. The van der Waals surface area contributed by atoms with Crippen LogP contribution in [0.3, 0.4) is 0 Å². The molecule has 1 atom stereocenters. The zero-order chi connectivity index (χ0) is 15.1. The summed E-state index contributed by atoms with van der Waals surface area (Å²) in [6, 6.07) is 2.90. The Morgan fingerprint density at radius 2 is 1.86 bits per heavy atom. The van der Waals surface area contributed by atoms with Crippen molar-refractivity contribution in [3.8, 4) is 11.5 Å². The summed E-state index contributed by atoms with van der Waals surface area (Å²) < 4.78 is 16.1. The van der Waals surface area contributed by atoms with E-state index in [9.17, 15) is 4.79 Å². The summed E-state index contributed by atoms with van der Waals surface area (Å²) in [4.78, 5) is 11.7. The standard InChI is InChI=1S/C13H19BrN2O4.ClH/c1-18-7-10(15)13(17)16-6-8-4-11(19-2)12(20-3)5-9(8)14;/h4-5,10H,6-7,15H2,1-3H3,(H,16,17);1H. The van der Waals surface area contributed by atoms with Crippen molar-refractivity contribution in [2.24, 2.45) is 5.73 Å². The van der Waals surface area contributed by atoms with Gasteiger partial charge in [0, 0.05) is 18.1 Å². The van der Waals surface area contributed by atoms with Crippen LogP contribution in [0, 0.1) is 0 Å². The van der Waals surface area contributed by atoms with Crippen LogP contribution in [0.4, 0.5) is 0 Å². The number of carbonyl (C=O) groups excluding carboxylic acids is 1. The number of amides is 1. The smallest absolute Gasteiger partial charge is 0.239 e. The summed E-state index contributed by atoms with van der Waals surface area (Å²) in [6.07, 6.45) is 0. The van der Waals surface area contributed by atoms with Gasteiger partial charge < -0.3 is 25.3 Å². The van der Waals surface area contributed by atoms with Gasteiger partial charge in [-0.05, 0) is 17.7 Å². The highest BCUT2D eigenvalue weighted by Gasteiger charge is 2.14. The molecule has 1 aromatic carbocycles. The first kappa shape index (κ1) is 20.0. The SMILES string of the molecule is COCC(N)C(=O)NCc1cc(OC)c(OC)cc1Br.Cl. The molecule has 3 N–H and O–H groups in total. The maximum absolute atomic E-state index is 11.7. The molecule has 0 aliphatic heterocycles. The first-order valence-electron chi connectivity index (χ1n) is 5.96. The summed E-state index contributed by atoms with van der Waals surface area (Å²) in [5.74, 6) is 0.945. The fraction of sp³-hybridized carbons (Fsp3) is 0.462. The fourth-order valence-corrected chi connectivity index (χ4v) is 2.06. The van der Waals surface area contributed by atoms with Gasteiger partial charge in [-0.15, -0.1) is 12.4 Å². The second kappa shape index (κ2) is 9.83. The van der Waals surface area contributed by atoms with Crippen LogP contribution in [-0.2, 0) is 16.1 Å². The van der Waals surface area contributed by atoms with Crippen molar-refractivity contribution < 1.29 is 19.0 Å². The van der Waals surface area contributed by atoms with Crippen LogP contribution in [0.15, 0.2) is 16.6 Å². The van der Waals surface area contributed by atoms with Gasteiger partial charge in [-0.1, -0.05) is 15.9 Å². The monoisotopic (exact) mass is 382 g/mol. The van der Waals surface area contributed by atoms with Crippen LogP contribution in [0.25, 0.3) is 0 Å². The number of hydrogen-bond donors (Lipinski definition) is 2. The van der Waals surface area contributed by atoms with Gasteiger partial charge in [0.2, 0.25) is 5.91 Å². The summed E-state index contributed by atoms with van der Waals surface area (Å²) in [7, 11) is 4.62. The minimum atomic E-state index is -0.682. The van der Waals surface area contributed by atoms with E-state index in [1.165, 1.54) is 7.11 Å². The molecule has 1 amide bonds. The molecule has 0 fully saturated rings. The molecular formula is C13H20BrClN2O4. The van der Waals surface area contributed by atoms with Gasteiger partial charge in [-0.2, -0.15) is 0 Å². The Morgan fingerprint density at radius 3 is 2.38 bits per heavy atom. The molecule has 0 aliphatic rings. The number of ether oxygens (including phenoxy) is 3. The second-order valence-corrected chi connectivity index (χ2v) is 4.93. The Bertz CT molecular complexity index is 474. The molecule has 0 radical (unpaired) electrons. The zero-order valence-electron chi connectivity index (χ0n) is 12.1. The van der Waals surface area contributed by atoms with Crippen molar-refractivity contribution in [2.75, 3.05) is 27.9 Å². The molecule has 0 heterocycles. The Morgan fingerprint density at radius 1 is 1.29 bits per heavy atom. The predicted molar refractivity (Wildman–Crippen MR) is 86.2 cm³/mol. The number of carbonyl (C=O) groups is 1. The second-order valence-electron chi connectivity index (χ2n) is 4.08. The number of hydrogen-bond acceptors (Lipinski definition) is 5. The summed E-state index contributed by atoms with van der Waals surface area (Å²) >= 11 is 3.43. The van der Waals surface area contributed by atoms with E-state index < -0.39 is 6.04 Å². The molecule has 21 heavy (non-hydrogen) atoms. The van der Waals surface area contributed by atoms with Crippen LogP contribution < -0.4 is 20.5 Å². The van der Waals surface area contributed by atoms with Gasteiger partial charge in [-0.3, -0.25) is 4.79 Å². The lowest BCUT2D eigenvalue weighted by molar-refractivity contribution is -0.123. The highest BCUT2D eigenvalue weighted by Crippen LogP contribution is 2.33. The van der Waals surface area contributed by atoms with Crippen molar-refractivity contribution in [1.82, 2.24) is 5.32 Å². The Balaban J connectivity index is 0.00000400. The third kappa shape index (κ3) is 5.70. The topological polar surface area (TPSA) is 82.8 Å². The molecule has 0 saturated carbocycles. The highest BCUT2D eigenvalue weighted by molar-refractivity contribution is 9.10. The van der Waals surface area contributed by atoms with Gasteiger partial charge >= 0.3 is 0 Å².